The Morgan fingerprint density at radius 3 is 2.62 bits per heavy atom. The minimum Gasteiger partial charge on any atom is -0.497 e. The van der Waals surface area contributed by atoms with Crippen molar-refractivity contribution in [1.82, 2.24) is 0 Å². The predicted octanol–water partition coefficient (Wildman–Crippen LogP) is 2.92. The number of nitrogens with zero attached hydrogens (tertiary/aromatic N) is 1. The lowest BCUT2D eigenvalue weighted by molar-refractivity contribution is -0.113. The number of methoxy groups -OCH3 is 1. The van der Waals surface area contributed by atoms with Gasteiger partial charge in [-0.25, -0.2) is 8.42 Å². The molecule has 136 valence electrons. The molecule has 1 aliphatic carbocycles. The number of hydrogen-bond acceptors (Lipinski definition) is 6. The van der Waals surface area contributed by atoms with Crippen LogP contribution in [-0.2, 0) is 27.5 Å². The maximum atomic E-state index is 12.4. The quantitative estimate of drug-likeness (QED) is 0.847. The summed E-state index contributed by atoms with van der Waals surface area (Å²) >= 11 is 1.38. The van der Waals surface area contributed by atoms with Crippen molar-refractivity contribution in [1.29, 1.82) is 5.26 Å². The third-order valence-corrected chi connectivity index (χ3v) is 7.12. The van der Waals surface area contributed by atoms with E-state index >= 15 is 0 Å². The van der Waals surface area contributed by atoms with Gasteiger partial charge >= 0.3 is 0 Å². The summed E-state index contributed by atoms with van der Waals surface area (Å²) in [7, 11) is -2.28. The smallest absolute Gasteiger partial charge is 0.240 e. The van der Waals surface area contributed by atoms with E-state index in [0.717, 1.165) is 36.1 Å². The van der Waals surface area contributed by atoms with Gasteiger partial charge in [-0.05, 0) is 55.5 Å². The second-order valence-electron chi connectivity index (χ2n) is 6.01. The highest BCUT2D eigenvalue weighted by Crippen LogP contribution is 2.37. The molecule has 0 bridgehead atoms. The van der Waals surface area contributed by atoms with Crippen LogP contribution in [0.1, 0.15) is 28.8 Å². The third kappa shape index (κ3) is 3.74. The first-order valence-corrected chi connectivity index (χ1v) is 10.6. The number of aryl methyl sites for hydroxylation is 1. The Hall–Kier alpha value is -2.37. The van der Waals surface area contributed by atoms with Crippen molar-refractivity contribution in [3.63, 3.8) is 0 Å². The van der Waals surface area contributed by atoms with E-state index in [0.29, 0.717) is 16.3 Å². The molecular formula is C18H18N2O4S2. The molecule has 0 saturated carbocycles. The van der Waals surface area contributed by atoms with Crippen LogP contribution in [0, 0.1) is 11.3 Å². The van der Waals surface area contributed by atoms with E-state index in [1.807, 2.05) is 0 Å². The lowest BCUT2D eigenvalue weighted by Gasteiger charge is -2.09. The van der Waals surface area contributed by atoms with E-state index in [1.165, 1.54) is 42.7 Å². The average Bonchev–Trinajstić information content (AvgIpc) is 2.98. The first-order chi connectivity index (χ1) is 12.4. The SMILES string of the molecule is COc1ccc(S(=O)(=O)CC(=O)Nc2sc3c(c2C#N)CCCC3)cc1. The maximum Gasteiger partial charge on any atom is 0.240 e. The summed E-state index contributed by atoms with van der Waals surface area (Å²) in [6, 6.07) is 8.03. The number of hydrogen-bond donors (Lipinski definition) is 1. The molecule has 26 heavy (non-hydrogen) atoms. The van der Waals surface area contributed by atoms with Crippen molar-refractivity contribution < 1.29 is 17.9 Å². The van der Waals surface area contributed by atoms with Crippen molar-refractivity contribution in [3.05, 3.63) is 40.3 Å². The van der Waals surface area contributed by atoms with Gasteiger partial charge in [0, 0.05) is 4.88 Å². The molecule has 1 aromatic heterocycles. The number of thiophene rings is 1. The summed E-state index contributed by atoms with van der Waals surface area (Å²) < 4.78 is 29.8. The van der Waals surface area contributed by atoms with E-state index in [9.17, 15) is 18.5 Å². The molecule has 0 fully saturated rings. The number of rotatable bonds is 5. The van der Waals surface area contributed by atoms with Gasteiger partial charge in [0.1, 0.15) is 22.6 Å². The number of amides is 1. The Morgan fingerprint density at radius 1 is 1.27 bits per heavy atom. The van der Waals surface area contributed by atoms with E-state index in [-0.39, 0.29) is 4.90 Å². The fourth-order valence-electron chi connectivity index (χ4n) is 2.97. The highest BCUT2D eigenvalue weighted by molar-refractivity contribution is 7.92. The zero-order valence-corrected chi connectivity index (χ0v) is 15.9. The number of benzene rings is 1. The number of ether oxygens (including phenoxy) is 1. The van der Waals surface area contributed by atoms with E-state index < -0.39 is 21.5 Å². The molecule has 0 radical (unpaired) electrons. The van der Waals surface area contributed by atoms with Crippen molar-refractivity contribution in [2.45, 2.75) is 30.6 Å². The lowest BCUT2D eigenvalue weighted by atomic mass is 9.96. The van der Waals surface area contributed by atoms with Gasteiger partial charge in [-0.15, -0.1) is 11.3 Å². The number of fused-ring (bicyclic) bond motifs is 1. The minimum absolute atomic E-state index is 0.0550. The van der Waals surface area contributed by atoms with Crippen LogP contribution in [0.2, 0.25) is 0 Å². The van der Waals surface area contributed by atoms with Gasteiger partial charge in [-0.2, -0.15) is 5.26 Å². The fraction of sp³-hybridized carbons (Fsp3) is 0.333. The maximum absolute atomic E-state index is 12.4. The number of carbonyl (C=O) groups excluding carboxylic acids is 1. The number of anilines is 1. The number of carbonyl (C=O) groups is 1. The molecule has 8 heteroatoms. The molecule has 1 aliphatic rings. The Morgan fingerprint density at radius 2 is 1.96 bits per heavy atom. The van der Waals surface area contributed by atoms with Crippen LogP contribution in [-0.4, -0.2) is 27.2 Å². The molecule has 6 nitrogen and oxygen atoms in total. The zero-order valence-electron chi connectivity index (χ0n) is 14.2. The van der Waals surface area contributed by atoms with Gasteiger partial charge in [0.2, 0.25) is 5.91 Å². The molecule has 1 heterocycles. The Kier molecular flexibility index (Phi) is 5.30. The second-order valence-corrected chi connectivity index (χ2v) is 9.10. The van der Waals surface area contributed by atoms with Gasteiger partial charge in [0.05, 0.1) is 17.6 Å². The first kappa shape index (κ1) is 18.4. The van der Waals surface area contributed by atoms with Gasteiger partial charge < -0.3 is 10.1 Å². The molecule has 0 saturated heterocycles. The largest absolute Gasteiger partial charge is 0.497 e. The molecule has 0 unspecified atom stereocenters. The number of sulfone groups is 1. The molecule has 0 spiro atoms. The molecular weight excluding hydrogens is 372 g/mol. The van der Waals surface area contributed by atoms with E-state index in [4.69, 9.17) is 4.74 Å². The first-order valence-electron chi connectivity index (χ1n) is 8.16. The van der Waals surface area contributed by atoms with Crippen LogP contribution in [0.15, 0.2) is 29.2 Å². The second kappa shape index (κ2) is 7.48. The summed E-state index contributed by atoms with van der Waals surface area (Å²) in [4.78, 5) is 13.5. The summed E-state index contributed by atoms with van der Waals surface area (Å²) in [6.07, 6.45) is 3.82. The van der Waals surface area contributed by atoms with Crippen molar-refractivity contribution in [2.24, 2.45) is 0 Å². The van der Waals surface area contributed by atoms with Crippen LogP contribution >= 0.6 is 11.3 Å². The Bertz CT molecular complexity index is 970. The molecule has 3 rings (SSSR count). The van der Waals surface area contributed by atoms with Crippen LogP contribution in [0.5, 0.6) is 5.75 Å². The van der Waals surface area contributed by atoms with Crippen LogP contribution < -0.4 is 10.1 Å². The molecule has 2 aromatic rings. The molecule has 1 amide bonds. The van der Waals surface area contributed by atoms with Crippen LogP contribution in [0.4, 0.5) is 5.00 Å². The topological polar surface area (TPSA) is 96.3 Å². The summed E-state index contributed by atoms with van der Waals surface area (Å²) in [5, 5.41) is 12.5. The van der Waals surface area contributed by atoms with Gasteiger partial charge in [0.25, 0.3) is 0 Å². The van der Waals surface area contributed by atoms with Crippen molar-refractivity contribution in [3.8, 4) is 11.8 Å². The molecule has 0 atom stereocenters. The normalized spacial score (nSPS) is 13.5. The monoisotopic (exact) mass is 390 g/mol. The van der Waals surface area contributed by atoms with Gasteiger partial charge in [-0.3, -0.25) is 4.79 Å². The van der Waals surface area contributed by atoms with Gasteiger partial charge in [0.15, 0.2) is 9.84 Å². The van der Waals surface area contributed by atoms with Crippen molar-refractivity contribution >= 4 is 32.1 Å². The highest BCUT2D eigenvalue weighted by atomic mass is 32.2. The van der Waals surface area contributed by atoms with Crippen molar-refractivity contribution in [2.75, 3.05) is 18.2 Å². The minimum atomic E-state index is -3.77. The van der Waals surface area contributed by atoms with E-state index in [2.05, 4.69) is 11.4 Å². The molecule has 0 aliphatic heterocycles. The molecule has 1 N–H and O–H groups in total. The summed E-state index contributed by atoms with van der Waals surface area (Å²) in [6.45, 7) is 0. The van der Waals surface area contributed by atoms with E-state index in [1.54, 1.807) is 0 Å². The fourth-order valence-corrected chi connectivity index (χ4v) is 5.36. The van der Waals surface area contributed by atoms with Crippen LogP contribution in [0.25, 0.3) is 0 Å². The van der Waals surface area contributed by atoms with Gasteiger partial charge in [-0.1, -0.05) is 0 Å². The average molecular weight is 390 g/mol. The zero-order chi connectivity index (χ0) is 18.7. The third-order valence-electron chi connectivity index (χ3n) is 4.28. The molecule has 1 aromatic carbocycles. The Labute approximate surface area is 156 Å². The number of nitrogens with one attached hydrogen (secondary N) is 1. The summed E-state index contributed by atoms with van der Waals surface area (Å²) in [5.74, 6) is -0.778. The highest BCUT2D eigenvalue weighted by Gasteiger charge is 2.24. The van der Waals surface area contributed by atoms with Crippen LogP contribution in [0.3, 0.4) is 0 Å². The standard InChI is InChI=1S/C18H18N2O4S2/c1-24-12-6-8-13(9-7-12)26(22,23)11-17(21)20-18-15(10-19)14-4-2-3-5-16(14)25-18/h6-9H,2-5,11H2,1H3,(H,20,21). The predicted molar refractivity (Wildman–Crippen MR) is 99.4 cm³/mol. The lowest BCUT2D eigenvalue weighted by Crippen LogP contribution is -2.23. The summed E-state index contributed by atoms with van der Waals surface area (Å²) in [5.41, 5.74) is 1.47. The Balaban J connectivity index is 1.76. The number of nitriles is 1.